The molecule has 0 amide bonds. The van der Waals surface area contributed by atoms with Crippen LogP contribution in [0.2, 0.25) is 0 Å². The molecule has 1 atom stereocenters. The normalized spacial score (nSPS) is 17.6. The lowest BCUT2D eigenvalue weighted by Gasteiger charge is -2.24. The molecular weight excluding hydrogens is 266 g/mol. The van der Waals surface area contributed by atoms with E-state index < -0.39 is 5.97 Å². The first kappa shape index (κ1) is 13.5. The minimum absolute atomic E-state index is 0.00417. The number of ether oxygens (including phenoxy) is 1. The lowest BCUT2D eigenvalue weighted by molar-refractivity contribution is 0.0696. The van der Waals surface area contributed by atoms with Gasteiger partial charge in [0, 0.05) is 17.8 Å². The molecular formula is C17H17NO3. The summed E-state index contributed by atoms with van der Waals surface area (Å²) in [6.07, 6.45) is -0.00417. The van der Waals surface area contributed by atoms with Crippen molar-refractivity contribution in [3.8, 4) is 5.75 Å². The largest absolute Gasteiger partial charge is 0.488 e. The summed E-state index contributed by atoms with van der Waals surface area (Å²) in [5.74, 6) is -0.265. The van der Waals surface area contributed by atoms with E-state index in [1.165, 1.54) is 0 Å². The molecule has 21 heavy (non-hydrogen) atoms. The Morgan fingerprint density at radius 2 is 2.00 bits per heavy atom. The van der Waals surface area contributed by atoms with Crippen molar-refractivity contribution in [3.63, 3.8) is 0 Å². The van der Waals surface area contributed by atoms with Crippen LogP contribution in [0.15, 0.2) is 48.5 Å². The van der Waals surface area contributed by atoms with Crippen LogP contribution in [0, 0.1) is 0 Å². The number of para-hydroxylation sites is 1. The fraction of sp³-hybridized carbons (Fsp3) is 0.235. The molecule has 2 aromatic carbocycles. The summed E-state index contributed by atoms with van der Waals surface area (Å²) < 4.78 is 5.89. The van der Waals surface area contributed by atoms with Crippen LogP contribution in [0.3, 0.4) is 0 Å². The summed E-state index contributed by atoms with van der Waals surface area (Å²) >= 11 is 0. The van der Waals surface area contributed by atoms with Crippen molar-refractivity contribution in [1.29, 1.82) is 0 Å². The number of benzene rings is 2. The number of hydrogen-bond acceptors (Lipinski definition) is 3. The molecule has 0 saturated heterocycles. The van der Waals surface area contributed by atoms with Gasteiger partial charge in [-0.2, -0.15) is 0 Å². The number of anilines is 1. The van der Waals surface area contributed by atoms with Crippen molar-refractivity contribution < 1.29 is 14.6 Å². The predicted molar refractivity (Wildman–Crippen MR) is 81.0 cm³/mol. The maximum absolute atomic E-state index is 11.1. The van der Waals surface area contributed by atoms with E-state index in [0.29, 0.717) is 12.3 Å². The summed E-state index contributed by atoms with van der Waals surface area (Å²) in [6.45, 7) is 3.48. The van der Waals surface area contributed by atoms with Crippen molar-refractivity contribution in [2.45, 2.75) is 19.6 Å². The third-order valence-corrected chi connectivity index (χ3v) is 3.60. The van der Waals surface area contributed by atoms with Gasteiger partial charge in [0.15, 0.2) is 0 Å². The monoisotopic (exact) mass is 283 g/mol. The second-order valence-electron chi connectivity index (χ2n) is 5.27. The highest BCUT2D eigenvalue weighted by atomic mass is 16.5. The third-order valence-electron chi connectivity index (χ3n) is 3.60. The van der Waals surface area contributed by atoms with E-state index in [1.807, 2.05) is 31.2 Å². The smallest absolute Gasteiger partial charge is 0.335 e. The van der Waals surface area contributed by atoms with Gasteiger partial charge in [0.05, 0.1) is 12.1 Å². The van der Waals surface area contributed by atoms with E-state index in [0.717, 1.165) is 17.8 Å². The SMILES string of the molecule is C[C@@H]1CN(c2ccccc2)Cc2ccc(C(=O)O)cc2O1. The zero-order chi connectivity index (χ0) is 14.8. The number of hydrogen-bond donors (Lipinski definition) is 1. The van der Waals surface area contributed by atoms with Crippen LogP contribution in [0.1, 0.15) is 22.8 Å². The summed E-state index contributed by atoms with van der Waals surface area (Å²) in [4.78, 5) is 13.3. The Morgan fingerprint density at radius 1 is 1.24 bits per heavy atom. The number of carboxylic acids is 1. The second kappa shape index (κ2) is 5.48. The van der Waals surface area contributed by atoms with Crippen LogP contribution < -0.4 is 9.64 Å². The van der Waals surface area contributed by atoms with Crippen LogP contribution >= 0.6 is 0 Å². The molecule has 4 heteroatoms. The number of carbonyl (C=O) groups is 1. The van der Waals surface area contributed by atoms with Crippen LogP contribution in [-0.2, 0) is 6.54 Å². The standard InChI is InChI=1S/C17H17NO3/c1-12-10-18(15-5-3-2-4-6-15)11-14-8-7-13(17(19)20)9-16(14)21-12/h2-9,12H,10-11H2,1H3,(H,19,20)/t12-/m1/s1. The summed E-state index contributed by atoms with van der Waals surface area (Å²) in [5, 5.41) is 9.09. The van der Waals surface area contributed by atoms with E-state index >= 15 is 0 Å². The molecule has 0 unspecified atom stereocenters. The molecule has 0 spiro atoms. The third kappa shape index (κ3) is 2.84. The Hall–Kier alpha value is -2.49. The Kier molecular flexibility index (Phi) is 3.52. The topological polar surface area (TPSA) is 49.8 Å². The Labute approximate surface area is 123 Å². The molecule has 1 aliphatic heterocycles. The molecule has 2 aromatic rings. The molecule has 1 aliphatic rings. The average molecular weight is 283 g/mol. The first-order valence-electron chi connectivity index (χ1n) is 6.96. The van der Waals surface area contributed by atoms with Gasteiger partial charge < -0.3 is 14.7 Å². The van der Waals surface area contributed by atoms with E-state index in [4.69, 9.17) is 9.84 Å². The van der Waals surface area contributed by atoms with Gasteiger partial charge in [0.2, 0.25) is 0 Å². The van der Waals surface area contributed by atoms with Crippen molar-refractivity contribution in [2.75, 3.05) is 11.4 Å². The molecule has 0 bridgehead atoms. The molecule has 1 N–H and O–H groups in total. The average Bonchev–Trinajstić information content (AvgIpc) is 2.65. The predicted octanol–water partition coefficient (Wildman–Crippen LogP) is 3.17. The van der Waals surface area contributed by atoms with Crippen molar-refractivity contribution >= 4 is 11.7 Å². The van der Waals surface area contributed by atoms with E-state index in [1.54, 1.807) is 12.1 Å². The quantitative estimate of drug-likeness (QED) is 0.919. The number of aromatic carboxylic acids is 1. The van der Waals surface area contributed by atoms with E-state index in [9.17, 15) is 4.79 Å². The molecule has 0 radical (unpaired) electrons. The Morgan fingerprint density at radius 3 is 2.71 bits per heavy atom. The Bertz CT molecular complexity index is 654. The molecule has 0 aromatic heterocycles. The van der Waals surface area contributed by atoms with Gasteiger partial charge in [-0.05, 0) is 31.2 Å². The fourth-order valence-electron chi connectivity index (χ4n) is 2.60. The van der Waals surface area contributed by atoms with Gasteiger partial charge in [0.25, 0.3) is 0 Å². The van der Waals surface area contributed by atoms with Crippen LogP contribution in [0.5, 0.6) is 5.75 Å². The van der Waals surface area contributed by atoms with E-state index in [2.05, 4.69) is 17.0 Å². The van der Waals surface area contributed by atoms with Crippen molar-refractivity contribution in [3.05, 3.63) is 59.7 Å². The molecule has 0 fully saturated rings. The lowest BCUT2D eigenvalue weighted by Crippen LogP contribution is -2.30. The summed E-state index contributed by atoms with van der Waals surface area (Å²) in [7, 11) is 0. The highest BCUT2D eigenvalue weighted by molar-refractivity contribution is 5.88. The van der Waals surface area contributed by atoms with Gasteiger partial charge in [-0.1, -0.05) is 24.3 Å². The summed E-state index contributed by atoms with van der Waals surface area (Å²) in [6, 6.07) is 15.3. The Balaban J connectivity index is 1.95. The highest BCUT2D eigenvalue weighted by Crippen LogP contribution is 2.29. The van der Waals surface area contributed by atoms with Gasteiger partial charge in [-0.3, -0.25) is 0 Å². The summed E-state index contributed by atoms with van der Waals surface area (Å²) in [5.41, 5.74) is 2.41. The maximum atomic E-state index is 11.1. The second-order valence-corrected chi connectivity index (χ2v) is 5.27. The molecule has 1 heterocycles. The number of rotatable bonds is 2. The fourth-order valence-corrected chi connectivity index (χ4v) is 2.60. The minimum atomic E-state index is -0.932. The molecule has 108 valence electrons. The maximum Gasteiger partial charge on any atom is 0.335 e. The van der Waals surface area contributed by atoms with Gasteiger partial charge in [-0.25, -0.2) is 4.79 Å². The zero-order valence-corrected chi connectivity index (χ0v) is 11.8. The molecule has 3 rings (SSSR count). The number of fused-ring (bicyclic) bond motifs is 1. The van der Waals surface area contributed by atoms with Crippen molar-refractivity contribution in [1.82, 2.24) is 0 Å². The van der Waals surface area contributed by atoms with Crippen LogP contribution in [0.4, 0.5) is 5.69 Å². The van der Waals surface area contributed by atoms with Gasteiger partial charge in [0.1, 0.15) is 11.9 Å². The number of carboxylic acid groups (broad SMARTS) is 1. The molecule has 0 aliphatic carbocycles. The lowest BCUT2D eigenvalue weighted by atomic mass is 10.1. The molecule has 0 saturated carbocycles. The number of nitrogens with zero attached hydrogens (tertiary/aromatic N) is 1. The minimum Gasteiger partial charge on any atom is -0.488 e. The van der Waals surface area contributed by atoms with Gasteiger partial charge >= 0.3 is 5.97 Å². The van der Waals surface area contributed by atoms with E-state index in [-0.39, 0.29) is 11.7 Å². The van der Waals surface area contributed by atoms with Crippen molar-refractivity contribution in [2.24, 2.45) is 0 Å². The van der Waals surface area contributed by atoms with Crippen LogP contribution in [0.25, 0.3) is 0 Å². The zero-order valence-electron chi connectivity index (χ0n) is 11.8. The first-order chi connectivity index (χ1) is 10.1. The first-order valence-corrected chi connectivity index (χ1v) is 6.96. The van der Waals surface area contributed by atoms with Gasteiger partial charge in [-0.15, -0.1) is 0 Å². The highest BCUT2D eigenvalue weighted by Gasteiger charge is 2.21. The van der Waals surface area contributed by atoms with Crippen LogP contribution in [-0.4, -0.2) is 23.7 Å². The molecule has 4 nitrogen and oxygen atoms in total.